The van der Waals surface area contributed by atoms with Gasteiger partial charge in [0.05, 0.1) is 48.0 Å². The number of carbonyl (C=O) groups is 1. The third-order valence-electron chi connectivity index (χ3n) is 5.04. The second-order valence-electron chi connectivity index (χ2n) is 6.77. The quantitative estimate of drug-likeness (QED) is 0.671. The minimum Gasteiger partial charge on any atom is -0.334 e. The number of aromatic nitrogens is 1. The fourth-order valence-electron chi connectivity index (χ4n) is 3.19. The summed E-state index contributed by atoms with van der Waals surface area (Å²) in [5.41, 5.74) is 3.19. The predicted molar refractivity (Wildman–Crippen MR) is 114 cm³/mol. The molecule has 0 atom stereocenters. The van der Waals surface area contributed by atoms with Crippen molar-refractivity contribution < 1.29 is 9.69 Å². The first kappa shape index (κ1) is 20.0. The van der Waals surface area contributed by atoms with Crippen LogP contribution >= 0.6 is 11.3 Å². The van der Waals surface area contributed by atoms with E-state index in [1.165, 1.54) is 4.90 Å². The number of rotatable bonds is 7. The minimum atomic E-state index is -0.0762. The SMILES string of the molecule is CC[NH+](CC)CCN(C(=O)c1ccc(C#N)cc1)c1nc2c(C)cccc2s1. The standard InChI is InChI=1S/C22H24N4OS/c1-4-25(5-2)13-14-26(21(27)18-11-9-17(15-23)10-12-18)22-24-20-16(3)7-6-8-19(20)28-22/h6-12H,4-5,13-14H2,1-3H3/p+1. The molecule has 0 bridgehead atoms. The highest BCUT2D eigenvalue weighted by Gasteiger charge is 2.23. The second kappa shape index (κ2) is 8.96. The molecule has 0 aliphatic rings. The van der Waals surface area contributed by atoms with Crippen LogP contribution in [0.1, 0.15) is 35.3 Å². The van der Waals surface area contributed by atoms with Crippen LogP contribution in [-0.2, 0) is 0 Å². The number of nitriles is 1. The van der Waals surface area contributed by atoms with Gasteiger partial charge in [-0.3, -0.25) is 9.69 Å². The van der Waals surface area contributed by atoms with E-state index in [0.29, 0.717) is 17.7 Å². The van der Waals surface area contributed by atoms with Gasteiger partial charge in [0.1, 0.15) is 0 Å². The van der Waals surface area contributed by atoms with Gasteiger partial charge in [0.15, 0.2) is 5.13 Å². The number of hydrogen-bond donors (Lipinski definition) is 1. The number of nitrogens with one attached hydrogen (secondary N) is 1. The van der Waals surface area contributed by atoms with Gasteiger partial charge in [0.2, 0.25) is 0 Å². The first-order valence-electron chi connectivity index (χ1n) is 9.59. The molecular formula is C22H25N4OS+. The largest absolute Gasteiger partial charge is 0.334 e. The van der Waals surface area contributed by atoms with Crippen LogP contribution < -0.4 is 9.80 Å². The normalized spacial score (nSPS) is 11.0. The van der Waals surface area contributed by atoms with Crippen molar-refractivity contribution in [2.75, 3.05) is 31.1 Å². The van der Waals surface area contributed by atoms with Gasteiger partial charge in [-0.05, 0) is 56.7 Å². The van der Waals surface area contributed by atoms with E-state index in [2.05, 4.69) is 19.9 Å². The van der Waals surface area contributed by atoms with Crippen LogP contribution in [0.5, 0.6) is 0 Å². The Kier molecular flexibility index (Phi) is 6.40. The Morgan fingerprint density at radius 3 is 2.50 bits per heavy atom. The van der Waals surface area contributed by atoms with Crippen LogP contribution in [0.4, 0.5) is 5.13 Å². The Bertz CT molecular complexity index is 1000. The van der Waals surface area contributed by atoms with E-state index in [0.717, 1.165) is 40.5 Å². The molecule has 3 aromatic rings. The van der Waals surface area contributed by atoms with E-state index in [9.17, 15) is 4.79 Å². The van der Waals surface area contributed by atoms with E-state index >= 15 is 0 Å². The van der Waals surface area contributed by atoms with Crippen molar-refractivity contribution in [2.45, 2.75) is 20.8 Å². The number of para-hydroxylation sites is 1. The molecule has 0 spiro atoms. The number of aryl methyl sites for hydroxylation is 1. The van der Waals surface area contributed by atoms with Gasteiger partial charge >= 0.3 is 0 Å². The lowest BCUT2D eigenvalue weighted by molar-refractivity contribution is -0.894. The lowest BCUT2D eigenvalue weighted by atomic mass is 10.1. The predicted octanol–water partition coefficient (Wildman–Crippen LogP) is 3.05. The van der Waals surface area contributed by atoms with Gasteiger partial charge < -0.3 is 4.90 Å². The molecule has 5 nitrogen and oxygen atoms in total. The fraction of sp³-hybridized carbons (Fsp3) is 0.318. The summed E-state index contributed by atoms with van der Waals surface area (Å²) in [4.78, 5) is 21.3. The molecule has 144 valence electrons. The maximum Gasteiger partial charge on any atom is 0.260 e. The number of amides is 1. The monoisotopic (exact) mass is 393 g/mol. The summed E-state index contributed by atoms with van der Waals surface area (Å²) in [7, 11) is 0. The Morgan fingerprint density at radius 2 is 1.89 bits per heavy atom. The topological polar surface area (TPSA) is 61.4 Å². The van der Waals surface area contributed by atoms with E-state index in [4.69, 9.17) is 10.2 Å². The number of hydrogen-bond acceptors (Lipinski definition) is 4. The Morgan fingerprint density at radius 1 is 1.18 bits per heavy atom. The molecule has 1 heterocycles. The van der Waals surface area contributed by atoms with Gasteiger partial charge in [-0.1, -0.05) is 23.5 Å². The van der Waals surface area contributed by atoms with Gasteiger partial charge in [-0.25, -0.2) is 4.98 Å². The number of likely N-dealkylation sites (N-methyl/N-ethyl adjacent to an activating group) is 1. The molecule has 0 unspecified atom stereocenters. The first-order chi connectivity index (χ1) is 13.6. The summed E-state index contributed by atoms with van der Waals surface area (Å²) >= 11 is 1.55. The van der Waals surface area contributed by atoms with E-state index < -0.39 is 0 Å². The highest BCUT2D eigenvalue weighted by molar-refractivity contribution is 7.22. The zero-order chi connectivity index (χ0) is 20.1. The van der Waals surface area contributed by atoms with Crippen molar-refractivity contribution in [3.05, 3.63) is 59.2 Å². The third kappa shape index (κ3) is 4.22. The Labute approximate surface area is 169 Å². The average Bonchev–Trinajstić information content (AvgIpc) is 3.16. The molecule has 0 fully saturated rings. The molecule has 1 N–H and O–H groups in total. The number of nitrogens with zero attached hydrogens (tertiary/aromatic N) is 3. The number of fused-ring (bicyclic) bond motifs is 1. The molecule has 0 saturated carbocycles. The molecule has 6 heteroatoms. The van der Waals surface area contributed by atoms with Crippen molar-refractivity contribution in [2.24, 2.45) is 0 Å². The van der Waals surface area contributed by atoms with Crippen LogP contribution in [0, 0.1) is 18.3 Å². The highest BCUT2D eigenvalue weighted by Crippen LogP contribution is 2.31. The van der Waals surface area contributed by atoms with Gasteiger partial charge in [0.25, 0.3) is 5.91 Å². The van der Waals surface area contributed by atoms with Crippen molar-refractivity contribution in [1.82, 2.24) is 4.98 Å². The zero-order valence-corrected chi connectivity index (χ0v) is 17.3. The lowest BCUT2D eigenvalue weighted by Crippen LogP contribution is -3.12. The van der Waals surface area contributed by atoms with E-state index in [1.807, 2.05) is 25.1 Å². The zero-order valence-electron chi connectivity index (χ0n) is 16.5. The van der Waals surface area contributed by atoms with E-state index in [-0.39, 0.29) is 5.91 Å². The van der Waals surface area contributed by atoms with Crippen molar-refractivity contribution in [3.8, 4) is 6.07 Å². The molecule has 0 radical (unpaired) electrons. The Balaban J connectivity index is 1.96. The summed E-state index contributed by atoms with van der Waals surface area (Å²) in [5.74, 6) is -0.0762. The van der Waals surface area contributed by atoms with Gasteiger partial charge in [-0.15, -0.1) is 0 Å². The Hall–Kier alpha value is -2.75. The van der Waals surface area contributed by atoms with Crippen LogP contribution in [0.15, 0.2) is 42.5 Å². The van der Waals surface area contributed by atoms with Gasteiger partial charge in [0, 0.05) is 5.56 Å². The van der Waals surface area contributed by atoms with Crippen LogP contribution in [-0.4, -0.2) is 37.1 Å². The van der Waals surface area contributed by atoms with Crippen molar-refractivity contribution >= 4 is 32.6 Å². The maximum atomic E-state index is 13.3. The number of anilines is 1. The molecule has 0 aliphatic carbocycles. The molecular weight excluding hydrogens is 368 g/mol. The smallest absolute Gasteiger partial charge is 0.260 e. The maximum absolute atomic E-state index is 13.3. The number of quaternary nitrogens is 1. The molecule has 1 aromatic heterocycles. The van der Waals surface area contributed by atoms with Crippen LogP contribution in [0.2, 0.25) is 0 Å². The number of carbonyl (C=O) groups excluding carboxylic acids is 1. The molecule has 1 amide bonds. The van der Waals surface area contributed by atoms with Crippen LogP contribution in [0.25, 0.3) is 10.2 Å². The van der Waals surface area contributed by atoms with E-state index in [1.54, 1.807) is 40.5 Å². The number of benzene rings is 2. The molecule has 3 rings (SSSR count). The molecule has 0 aliphatic heterocycles. The van der Waals surface area contributed by atoms with Crippen LogP contribution in [0.3, 0.4) is 0 Å². The first-order valence-corrected chi connectivity index (χ1v) is 10.4. The molecule has 0 saturated heterocycles. The second-order valence-corrected chi connectivity index (χ2v) is 7.78. The third-order valence-corrected chi connectivity index (χ3v) is 6.08. The van der Waals surface area contributed by atoms with Crippen molar-refractivity contribution in [1.29, 1.82) is 5.26 Å². The van der Waals surface area contributed by atoms with Crippen molar-refractivity contribution in [3.63, 3.8) is 0 Å². The summed E-state index contributed by atoms with van der Waals surface area (Å²) in [6.07, 6.45) is 0. The summed E-state index contributed by atoms with van der Waals surface area (Å²) in [6, 6.07) is 15.0. The fourth-order valence-corrected chi connectivity index (χ4v) is 4.26. The molecule has 28 heavy (non-hydrogen) atoms. The highest BCUT2D eigenvalue weighted by atomic mass is 32.1. The lowest BCUT2D eigenvalue weighted by Gasteiger charge is -2.23. The summed E-state index contributed by atoms with van der Waals surface area (Å²) < 4.78 is 1.09. The average molecular weight is 394 g/mol. The van der Waals surface area contributed by atoms with Gasteiger partial charge in [-0.2, -0.15) is 5.26 Å². The summed E-state index contributed by atoms with van der Waals surface area (Å²) in [5, 5.41) is 9.73. The molecule has 2 aromatic carbocycles. The minimum absolute atomic E-state index is 0.0762. The summed E-state index contributed by atoms with van der Waals surface area (Å²) in [6.45, 7) is 9.87. The number of thiazole rings is 1.